The number of benzene rings is 1. The number of hydrogen-bond donors (Lipinski definition) is 2. The molecule has 1 unspecified atom stereocenters. The Morgan fingerprint density at radius 3 is 2.86 bits per heavy atom. The largest absolute Gasteiger partial charge is 0.366 e. The third kappa shape index (κ3) is 2.93. The molecule has 1 aromatic heterocycles. The monoisotopic (exact) mass is 314 g/mol. The van der Waals surface area contributed by atoms with Gasteiger partial charge in [0.1, 0.15) is 5.69 Å². The zero-order valence-corrected chi connectivity index (χ0v) is 12.9. The van der Waals surface area contributed by atoms with Crippen LogP contribution in [-0.2, 0) is 0 Å². The first-order valence-electron chi connectivity index (χ1n) is 7.05. The van der Waals surface area contributed by atoms with Gasteiger partial charge in [-0.15, -0.1) is 11.3 Å². The van der Waals surface area contributed by atoms with E-state index >= 15 is 0 Å². The fourth-order valence-electron chi connectivity index (χ4n) is 2.32. The Kier molecular flexibility index (Phi) is 4.04. The van der Waals surface area contributed by atoms with Crippen molar-refractivity contribution in [2.75, 3.05) is 6.54 Å². The fourth-order valence-corrected chi connectivity index (χ4v) is 3.24. The highest BCUT2D eigenvalue weighted by molar-refractivity contribution is 7.15. The standard InChI is InChI=1S/C16H16N3O2S/c1-9-19-14(13(20)8-12-5-6-18-12)15(22-9)10-3-2-4-11(7-10)16(17)21/h2-4,7-8,12,18H,5-6H2,1H3,(H2,17,21). The molecule has 0 spiro atoms. The predicted molar refractivity (Wildman–Crippen MR) is 85.8 cm³/mol. The molecule has 22 heavy (non-hydrogen) atoms. The maximum Gasteiger partial charge on any atom is 0.248 e. The van der Waals surface area contributed by atoms with Gasteiger partial charge in [-0.3, -0.25) is 9.59 Å². The molecule has 113 valence electrons. The highest BCUT2D eigenvalue weighted by Crippen LogP contribution is 2.31. The quantitative estimate of drug-likeness (QED) is 0.826. The number of aromatic nitrogens is 1. The molecule has 1 radical (unpaired) electrons. The number of carbonyl (C=O) groups excluding carboxylic acids is 2. The number of rotatable bonds is 5. The molecule has 1 aliphatic heterocycles. The first-order chi connectivity index (χ1) is 10.5. The van der Waals surface area contributed by atoms with Gasteiger partial charge >= 0.3 is 0 Å². The van der Waals surface area contributed by atoms with Gasteiger partial charge in [0, 0.05) is 11.6 Å². The van der Waals surface area contributed by atoms with Gasteiger partial charge < -0.3 is 11.1 Å². The van der Waals surface area contributed by atoms with Crippen LogP contribution in [0.1, 0.15) is 32.3 Å². The number of nitrogens with zero attached hydrogens (tertiary/aromatic N) is 1. The number of nitrogens with two attached hydrogens (primary N) is 1. The summed E-state index contributed by atoms with van der Waals surface area (Å²) in [7, 11) is 0. The summed E-state index contributed by atoms with van der Waals surface area (Å²) < 4.78 is 0. The Balaban J connectivity index is 1.94. The average molecular weight is 314 g/mol. The number of nitrogens with one attached hydrogen (secondary N) is 1. The van der Waals surface area contributed by atoms with Gasteiger partial charge in [-0.25, -0.2) is 4.98 Å². The molecule has 5 nitrogen and oxygen atoms in total. The van der Waals surface area contributed by atoms with Crippen LogP contribution in [0.25, 0.3) is 10.4 Å². The highest BCUT2D eigenvalue weighted by Gasteiger charge is 2.25. The van der Waals surface area contributed by atoms with Crippen molar-refractivity contribution in [3.05, 3.63) is 47.0 Å². The number of Topliss-reactive ketones (excluding diaryl/α,β-unsaturated/α-hetero) is 1. The molecule has 3 N–H and O–H groups in total. The van der Waals surface area contributed by atoms with Gasteiger partial charge in [0.25, 0.3) is 0 Å². The van der Waals surface area contributed by atoms with Crippen LogP contribution in [0.4, 0.5) is 0 Å². The van der Waals surface area contributed by atoms with E-state index in [0.717, 1.165) is 28.4 Å². The van der Waals surface area contributed by atoms with Gasteiger partial charge in [-0.05, 0) is 37.6 Å². The predicted octanol–water partition coefficient (Wildman–Crippen LogP) is 1.97. The molecule has 2 heterocycles. The second-order valence-electron chi connectivity index (χ2n) is 5.24. The smallest absolute Gasteiger partial charge is 0.248 e. The van der Waals surface area contributed by atoms with Crippen LogP contribution in [-0.4, -0.2) is 29.3 Å². The molecule has 0 aliphatic carbocycles. The molecular formula is C16H16N3O2S. The maximum absolute atomic E-state index is 12.4. The highest BCUT2D eigenvalue weighted by atomic mass is 32.1. The summed E-state index contributed by atoms with van der Waals surface area (Å²) in [5.74, 6) is -0.567. The molecular weight excluding hydrogens is 298 g/mol. The molecule has 1 atom stereocenters. The Morgan fingerprint density at radius 1 is 1.45 bits per heavy atom. The summed E-state index contributed by atoms with van der Waals surface area (Å²) in [6, 6.07) is 7.12. The molecule has 6 heteroatoms. The molecule has 0 saturated carbocycles. The summed E-state index contributed by atoms with van der Waals surface area (Å²) in [5, 5.41) is 3.99. The molecule has 1 amide bonds. The number of primary amides is 1. The van der Waals surface area contributed by atoms with Crippen molar-refractivity contribution < 1.29 is 9.59 Å². The van der Waals surface area contributed by atoms with Crippen LogP contribution in [0.3, 0.4) is 0 Å². The van der Waals surface area contributed by atoms with E-state index in [1.165, 1.54) is 11.3 Å². The van der Waals surface area contributed by atoms with Crippen LogP contribution in [0.2, 0.25) is 0 Å². The lowest BCUT2D eigenvalue weighted by atomic mass is 9.98. The van der Waals surface area contributed by atoms with Crippen LogP contribution < -0.4 is 11.1 Å². The number of aryl methyl sites for hydroxylation is 1. The number of amides is 1. The summed E-state index contributed by atoms with van der Waals surface area (Å²) in [6.07, 6.45) is 2.65. The second-order valence-corrected chi connectivity index (χ2v) is 6.44. The van der Waals surface area contributed by atoms with Crippen LogP contribution in [0, 0.1) is 13.3 Å². The lowest BCUT2D eigenvalue weighted by Gasteiger charge is -2.26. The van der Waals surface area contributed by atoms with Crippen molar-refractivity contribution in [1.82, 2.24) is 10.3 Å². The van der Waals surface area contributed by atoms with Crippen LogP contribution >= 0.6 is 11.3 Å². The minimum atomic E-state index is -0.485. The van der Waals surface area contributed by atoms with Crippen molar-refractivity contribution in [2.24, 2.45) is 5.73 Å². The third-order valence-corrected chi connectivity index (χ3v) is 4.61. The Labute approximate surface area is 132 Å². The van der Waals surface area contributed by atoms with Crippen molar-refractivity contribution >= 4 is 23.0 Å². The Morgan fingerprint density at radius 2 is 2.23 bits per heavy atom. The van der Waals surface area contributed by atoms with Gasteiger partial charge in [0.15, 0.2) is 5.78 Å². The molecule has 1 saturated heterocycles. The lowest BCUT2D eigenvalue weighted by molar-refractivity contribution is 0.0995. The van der Waals surface area contributed by atoms with Crippen molar-refractivity contribution in [3.8, 4) is 10.4 Å². The number of hydrogen-bond acceptors (Lipinski definition) is 5. The molecule has 1 fully saturated rings. The van der Waals surface area contributed by atoms with E-state index in [-0.39, 0.29) is 11.8 Å². The van der Waals surface area contributed by atoms with Crippen molar-refractivity contribution in [2.45, 2.75) is 19.4 Å². The van der Waals surface area contributed by atoms with E-state index in [4.69, 9.17) is 5.73 Å². The van der Waals surface area contributed by atoms with E-state index < -0.39 is 5.91 Å². The SMILES string of the molecule is Cc1nc(C(=O)[CH]C2CCN2)c(-c2cccc(C(N)=O)c2)s1. The van der Waals surface area contributed by atoms with Gasteiger partial charge in [-0.2, -0.15) is 0 Å². The number of thiazole rings is 1. The maximum atomic E-state index is 12.4. The van der Waals surface area contributed by atoms with Gasteiger partial charge in [0.05, 0.1) is 16.3 Å². The minimum Gasteiger partial charge on any atom is -0.366 e. The summed E-state index contributed by atoms with van der Waals surface area (Å²) in [6.45, 7) is 2.81. The molecule has 1 aliphatic rings. The zero-order valence-electron chi connectivity index (χ0n) is 12.1. The number of carbonyl (C=O) groups is 2. The fraction of sp³-hybridized carbons (Fsp3) is 0.250. The van der Waals surface area contributed by atoms with Gasteiger partial charge in [-0.1, -0.05) is 12.1 Å². The summed E-state index contributed by atoms with van der Waals surface area (Å²) in [4.78, 5) is 28.9. The third-order valence-electron chi connectivity index (χ3n) is 3.59. The molecule has 1 aromatic carbocycles. The normalized spacial score (nSPS) is 17.0. The Hall–Kier alpha value is -2.05. The van der Waals surface area contributed by atoms with E-state index in [1.54, 1.807) is 24.6 Å². The lowest BCUT2D eigenvalue weighted by Crippen LogP contribution is -2.44. The average Bonchev–Trinajstić information content (AvgIpc) is 2.85. The molecule has 3 rings (SSSR count). The van der Waals surface area contributed by atoms with Crippen molar-refractivity contribution in [3.63, 3.8) is 0 Å². The van der Waals surface area contributed by atoms with E-state index in [1.807, 2.05) is 13.0 Å². The van der Waals surface area contributed by atoms with Gasteiger partial charge in [0.2, 0.25) is 5.91 Å². The molecule has 2 aromatic rings. The number of ketones is 1. The second kappa shape index (κ2) is 5.98. The van der Waals surface area contributed by atoms with Crippen LogP contribution in [0.5, 0.6) is 0 Å². The van der Waals surface area contributed by atoms with E-state index in [2.05, 4.69) is 10.3 Å². The first-order valence-corrected chi connectivity index (χ1v) is 7.86. The van der Waals surface area contributed by atoms with Crippen molar-refractivity contribution in [1.29, 1.82) is 0 Å². The first kappa shape index (κ1) is 14.9. The summed E-state index contributed by atoms with van der Waals surface area (Å²) in [5.41, 5.74) is 6.98. The molecule has 0 bridgehead atoms. The van der Waals surface area contributed by atoms with Crippen LogP contribution in [0.15, 0.2) is 24.3 Å². The minimum absolute atomic E-state index is 0.0824. The van der Waals surface area contributed by atoms with E-state index in [0.29, 0.717) is 11.3 Å². The topological polar surface area (TPSA) is 85.1 Å². The van der Waals surface area contributed by atoms with E-state index in [9.17, 15) is 9.59 Å². The Bertz CT molecular complexity index is 735. The summed E-state index contributed by atoms with van der Waals surface area (Å²) >= 11 is 1.44. The zero-order chi connectivity index (χ0) is 15.7.